The predicted molar refractivity (Wildman–Crippen MR) is 139 cm³/mol. The lowest BCUT2D eigenvalue weighted by molar-refractivity contribution is -0.136. The Morgan fingerprint density at radius 3 is 2.11 bits per heavy atom. The van der Waals surface area contributed by atoms with Crippen LogP contribution in [-0.4, -0.2) is 36.5 Å². The lowest BCUT2D eigenvalue weighted by Crippen LogP contribution is -2.26. The summed E-state index contributed by atoms with van der Waals surface area (Å²) in [7, 11) is 0. The fraction of sp³-hybridized carbons (Fsp3) is 0.310. The van der Waals surface area contributed by atoms with E-state index in [9.17, 15) is 9.59 Å². The fourth-order valence-corrected chi connectivity index (χ4v) is 3.43. The van der Waals surface area contributed by atoms with Crippen molar-refractivity contribution in [2.24, 2.45) is 0 Å². The van der Waals surface area contributed by atoms with Gasteiger partial charge in [-0.1, -0.05) is 24.3 Å². The molecule has 0 saturated heterocycles. The van der Waals surface area contributed by atoms with Crippen LogP contribution in [0.4, 0.5) is 4.79 Å². The van der Waals surface area contributed by atoms with Gasteiger partial charge in [-0.25, -0.2) is 4.79 Å². The summed E-state index contributed by atoms with van der Waals surface area (Å²) in [6.07, 6.45) is 0.262. The first-order chi connectivity index (χ1) is 17.9. The molecule has 196 valence electrons. The first-order valence-electron chi connectivity index (χ1n) is 12.3. The van der Waals surface area contributed by atoms with Crippen molar-refractivity contribution in [3.05, 3.63) is 83.9 Å². The van der Waals surface area contributed by atoms with Crippen LogP contribution in [0.15, 0.2) is 72.8 Å². The third-order valence-corrected chi connectivity index (χ3v) is 5.18. The van der Waals surface area contributed by atoms with Crippen molar-refractivity contribution in [3.8, 4) is 23.0 Å². The van der Waals surface area contributed by atoms with E-state index in [1.165, 1.54) is 0 Å². The van der Waals surface area contributed by atoms with Crippen LogP contribution in [0.2, 0.25) is 0 Å². The summed E-state index contributed by atoms with van der Waals surface area (Å²) >= 11 is 0. The molecule has 0 aliphatic heterocycles. The number of para-hydroxylation sites is 1. The van der Waals surface area contributed by atoms with Gasteiger partial charge in [-0.3, -0.25) is 4.79 Å². The molecule has 0 atom stereocenters. The molecule has 0 heterocycles. The molecular weight excluding hydrogens is 474 g/mol. The molecule has 8 heteroatoms. The topological polar surface area (TPSA) is 103 Å². The number of hydrogen-bond donors (Lipinski definition) is 2. The molecule has 37 heavy (non-hydrogen) atoms. The molecule has 8 nitrogen and oxygen atoms in total. The predicted octanol–water partition coefficient (Wildman–Crippen LogP) is 5.98. The number of hydrogen-bond acceptors (Lipinski definition) is 6. The Kier molecular flexibility index (Phi) is 10.6. The van der Waals surface area contributed by atoms with E-state index in [0.717, 1.165) is 28.4 Å². The van der Waals surface area contributed by atoms with Gasteiger partial charge in [-0.2, -0.15) is 0 Å². The maximum atomic E-state index is 11.9. The van der Waals surface area contributed by atoms with Crippen molar-refractivity contribution in [1.82, 2.24) is 5.32 Å². The van der Waals surface area contributed by atoms with Gasteiger partial charge in [-0.05, 0) is 79.9 Å². The number of carboxylic acids is 1. The van der Waals surface area contributed by atoms with Crippen LogP contribution in [-0.2, 0) is 22.5 Å². The minimum absolute atomic E-state index is 0.000340. The van der Waals surface area contributed by atoms with Gasteiger partial charge in [0, 0.05) is 19.4 Å². The van der Waals surface area contributed by atoms with Gasteiger partial charge in [0.2, 0.25) is 0 Å². The van der Waals surface area contributed by atoms with E-state index in [1.54, 1.807) is 19.9 Å². The summed E-state index contributed by atoms with van der Waals surface area (Å²) < 4.78 is 22.5. The number of carbonyl (C=O) groups excluding carboxylic acids is 1. The second-order valence-electron chi connectivity index (χ2n) is 8.57. The zero-order valence-corrected chi connectivity index (χ0v) is 21.1. The fourth-order valence-electron chi connectivity index (χ4n) is 3.43. The normalized spacial score (nSPS) is 10.6. The molecule has 0 saturated carbocycles. The van der Waals surface area contributed by atoms with Crippen molar-refractivity contribution >= 4 is 12.1 Å². The van der Waals surface area contributed by atoms with Crippen LogP contribution >= 0.6 is 0 Å². The molecule has 0 aliphatic carbocycles. The lowest BCUT2D eigenvalue weighted by atomic mass is 10.0. The molecule has 0 radical (unpaired) electrons. The van der Waals surface area contributed by atoms with Crippen molar-refractivity contribution in [2.45, 2.75) is 45.8 Å². The highest BCUT2D eigenvalue weighted by Gasteiger charge is 2.10. The largest absolute Gasteiger partial charge is 0.493 e. The molecule has 3 aromatic rings. The second kappa shape index (κ2) is 14.4. The molecule has 3 aromatic carbocycles. The van der Waals surface area contributed by atoms with Gasteiger partial charge in [0.05, 0.1) is 19.3 Å². The van der Waals surface area contributed by atoms with Crippen LogP contribution in [0.3, 0.4) is 0 Å². The van der Waals surface area contributed by atoms with E-state index in [0.29, 0.717) is 31.8 Å². The van der Waals surface area contributed by atoms with Gasteiger partial charge in [0.25, 0.3) is 0 Å². The molecule has 0 spiro atoms. The zero-order valence-electron chi connectivity index (χ0n) is 21.1. The van der Waals surface area contributed by atoms with E-state index < -0.39 is 12.1 Å². The third kappa shape index (κ3) is 10.1. The summed E-state index contributed by atoms with van der Waals surface area (Å²) in [5.41, 5.74) is 1.62. The Labute approximate surface area is 217 Å². The van der Waals surface area contributed by atoms with E-state index in [1.807, 2.05) is 66.7 Å². The number of carboxylic acid groups (broad SMARTS) is 1. The second-order valence-corrected chi connectivity index (χ2v) is 8.57. The first kappa shape index (κ1) is 27.4. The van der Waals surface area contributed by atoms with Crippen molar-refractivity contribution < 1.29 is 33.6 Å². The van der Waals surface area contributed by atoms with Gasteiger partial charge in [0.15, 0.2) is 0 Å². The summed E-state index contributed by atoms with van der Waals surface area (Å²) in [6, 6.07) is 22.5. The van der Waals surface area contributed by atoms with E-state index in [-0.39, 0.29) is 19.1 Å². The summed E-state index contributed by atoms with van der Waals surface area (Å²) in [6.45, 7) is 4.67. The molecule has 3 rings (SSSR count). The Bertz CT molecular complexity index is 1130. The van der Waals surface area contributed by atoms with Crippen LogP contribution in [0.1, 0.15) is 37.8 Å². The number of benzene rings is 3. The number of amides is 1. The Morgan fingerprint density at radius 2 is 1.43 bits per heavy atom. The average molecular weight is 508 g/mol. The number of alkyl carbamates (subject to hydrolysis) is 1. The van der Waals surface area contributed by atoms with E-state index in [2.05, 4.69) is 5.32 Å². The van der Waals surface area contributed by atoms with Crippen LogP contribution in [0.5, 0.6) is 23.0 Å². The van der Waals surface area contributed by atoms with Crippen LogP contribution in [0.25, 0.3) is 0 Å². The molecule has 0 aliphatic rings. The van der Waals surface area contributed by atoms with E-state index >= 15 is 0 Å². The standard InChI is InChI=1S/C29H33NO7/c1-21(2)36-29(33)30-20-23-19-27(11-9-22(23)10-16-28(31)32)35-18-6-17-34-24-12-14-26(15-13-24)37-25-7-4-3-5-8-25/h3-5,7-9,11-15,19,21H,6,10,16-18,20H2,1-2H3,(H,30,33)(H,31,32). The lowest BCUT2D eigenvalue weighted by Gasteiger charge is -2.14. The van der Waals surface area contributed by atoms with Crippen LogP contribution in [0, 0.1) is 0 Å². The number of aliphatic carboxylic acids is 1. The highest BCUT2D eigenvalue weighted by atomic mass is 16.6. The Hall–Kier alpha value is -4.20. The van der Waals surface area contributed by atoms with Gasteiger partial charge in [-0.15, -0.1) is 0 Å². The molecule has 0 aromatic heterocycles. The zero-order chi connectivity index (χ0) is 26.5. The van der Waals surface area contributed by atoms with Crippen molar-refractivity contribution in [3.63, 3.8) is 0 Å². The SMILES string of the molecule is CC(C)OC(=O)NCc1cc(OCCCOc2ccc(Oc3ccccc3)cc2)ccc1CCC(=O)O. The first-order valence-corrected chi connectivity index (χ1v) is 12.3. The van der Waals surface area contributed by atoms with Gasteiger partial charge < -0.3 is 29.4 Å². The van der Waals surface area contributed by atoms with Crippen molar-refractivity contribution in [1.29, 1.82) is 0 Å². The molecule has 0 unspecified atom stereocenters. The summed E-state index contributed by atoms with van der Waals surface area (Å²) in [4.78, 5) is 22.9. The summed E-state index contributed by atoms with van der Waals surface area (Å²) in [5, 5.41) is 11.7. The minimum Gasteiger partial charge on any atom is -0.493 e. The number of nitrogens with one attached hydrogen (secondary N) is 1. The average Bonchev–Trinajstić information content (AvgIpc) is 2.87. The number of ether oxygens (including phenoxy) is 4. The molecule has 0 bridgehead atoms. The Balaban J connectivity index is 1.46. The Morgan fingerprint density at radius 1 is 0.811 bits per heavy atom. The van der Waals surface area contributed by atoms with Crippen LogP contribution < -0.4 is 19.5 Å². The highest BCUT2D eigenvalue weighted by Crippen LogP contribution is 2.24. The molecule has 0 fully saturated rings. The molecule has 1 amide bonds. The van der Waals surface area contributed by atoms with Gasteiger partial charge in [0.1, 0.15) is 23.0 Å². The van der Waals surface area contributed by atoms with Gasteiger partial charge >= 0.3 is 12.1 Å². The highest BCUT2D eigenvalue weighted by molar-refractivity contribution is 5.68. The van der Waals surface area contributed by atoms with Crippen molar-refractivity contribution in [2.75, 3.05) is 13.2 Å². The number of carbonyl (C=O) groups is 2. The summed E-state index contributed by atoms with van der Waals surface area (Å²) in [5.74, 6) is 2.01. The number of aryl methyl sites for hydroxylation is 1. The maximum absolute atomic E-state index is 11.9. The molecular formula is C29H33NO7. The maximum Gasteiger partial charge on any atom is 0.407 e. The third-order valence-electron chi connectivity index (χ3n) is 5.18. The monoisotopic (exact) mass is 507 g/mol. The molecule has 2 N–H and O–H groups in total. The number of rotatable bonds is 14. The minimum atomic E-state index is -0.878. The van der Waals surface area contributed by atoms with E-state index in [4.69, 9.17) is 24.1 Å². The quantitative estimate of drug-likeness (QED) is 0.259. The smallest absolute Gasteiger partial charge is 0.407 e.